The van der Waals surface area contributed by atoms with Gasteiger partial charge in [0.25, 0.3) is 0 Å². The molecule has 4 aromatic rings. The van der Waals surface area contributed by atoms with Gasteiger partial charge in [0.1, 0.15) is 5.69 Å². The molecule has 28 heavy (non-hydrogen) atoms. The number of rotatable bonds is 4. The lowest BCUT2D eigenvalue weighted by Gasteiger charge is -2.09. The maximum atomic E-state index is 11.9. The van der Waals surface area contributed by atoms with Gasteiger partial charge >= 0.3 is 5.97 Å². The van der Waals surface area contributed by atoms with E-state index in [0.29, 0.717) is 12.1 Å². The summed E-state index contributed by atoms with van der Waals surface area (Å²) in [6.45, 7) is 2.11. The summed E-state index contributed by atoms with van der Waals surface area (Å²) in [5, 5.41) is 1.21. The first-order valence-corrected chi connectivity index (χ1v) is 9.26. The molecule has 0 atom stereocenters. The fraction of sp³-hybridized carbons (Fsp3) is 0.167. The minimum Gasteiger partial charge on any atom is -0.464 e. The van der Waals surface area contributed by atoms with Crippen LogP contribution >= 0.6 is 0 Å². The Balaban J connectivity index is 1.90. The third-order valence-electron chi connectivity index (χ3n) is 5.07. The molecule has 0 unspecified atom stereocenters. The average molecular weight is 370 g/mol. The molecule has 2 aromatic carbocycles. The topological polar surface area (TPSA) is 44.1 Å². The lowest BCUT2D eigenvalue weighted by atomic mass is 10.00. The van der Waals surface area contributed by atoms with Crippen molar-refractivity contribution in [1.29, 1.82) is 0 Å². The Labute approximate surface area is 164 Å². The third-order valence-corrected chi connectivity index (χ3v) is 5.07. The van der Waals surface area contributed by atoms with Gasteiger partial charge < -0.3 is 9.30 Å². The Kier molecular flexibility index (Phi) is 4.70. The van der Waals surface area contributed by atoms with Crippen LogP contribution in [0.25, 0.3) is 22.2 Å². The Bertz CT molecular complexity index is 1160. The molecule has 0 aliphatic heterocycles. The smallest absolute Gasteiger partial charge is 0.356 e. The fourth-order valence-corrected chi connectivity index (χ4v) is 3.75. The molecule has 0 saturated carbocycles. The van der Waals surface area contributed by atoms with E-state index < -0.39 is 5.97 Å². The highest BCUT2D eigenvalue weighted by molar-refractivity contribution is 5.92. The molecule has 0 aliphatic rings. The van der Waals surface area contributed by atoms with Gasteiger partial charge in [0.05, 0.1) is 12.8 Å². The molecule has 4 heteroatoms. The Morgan fingerprint density at radius 2 is 1.82 bits per heavy atom. The van der Waals surface area contributed by atoms with Crippen molar-refractivity contribution in [3.63, 3.8) is 0 Å². The zero-order valence-corrected chi connectivity index (χ0v) is 16.3. The van der Waals surface area contributed by atoms with E-state index in [1.165, 1.54) is 34.8 Å². The predicted molar refractivity (Wildman–Crippen MR) is 111 cm³/mol. The first-order valence-electron chi connectivity index (χ1n) is 9.26. The predicted octanol–water partition coefficient (Wildman–Crippen LogP) is 4.93. The molecular formula is C24H22N2O2. The van der Waals surface area contributed by atoms with E-state index in [0.717, 1.165) is 11.3 Å². The number of pyridine rings is 1. The Morgan fingerprint density at radius 3 is 2.57 bits per heavy atom. The quantitative estimate of drug-likeness (QED) is 0.479. The lowest BCUT2D eigenvalue weighted by Crippen LogP contribution is -2.06. The molecule has 4 nitrogen and oxygen atoms in total. The molecule has 140 valence electrons. The molecule has 0 amide bonds. The zero-order valence-electron chi connectivity index (χ0n) is 16.3. The second-order valence-corrected chi connectivity index (χ2v) is 6.96. The summed E-state index contributed by atoms with van der Waals surface area (Å²) in [5.41, 5.74) is 7.14. The van der Waals surface area contributed by atoms with Gasteiger partial charge in [0.2, 0.25) is 0 Å². The number of benzene rings is 2. The average Bonchev–Trinajstić information content (AvgIpc) is 2.99. The van der Waals surface area contributed by atoms with Crippen LogP contribution < -0.4 is 0 Å². The van der Waals surface area contributed by atoms with E-state index in [-0.39, 0.29) is 0 Å². The highest BCUT2D eigenvalue weighted by Crippen LogP contribution is 2.34. The number of methoxy groups -OCH3 is 1. The van der Waals surface area contributed by atoms with Crippen LogP contribution in [0, 0.1) is 6.92 Å². The van der Waals surface area contributed by atoms with Gasteiger partial charge in [-0.1, -0.05) is 48.5 Å². The van der Waals surface area contributed by atoms with Crippen LogP contribution in [0.4, 0.5) is 0 Å². The van der Waals surface area contributed by atoms with Gasteiger partial charge in [0, 0.05) is 30.1 Å². The number of esters is 1. The number of carbonyl (C=O) groups is 1. The second-order valence-electron chi connectivity index (χ2n) is 6.96. The molecule has 0 bridgehead atoms. The van der Waals surface area contributed by atoms with E-state index in [1.54, 1.807) is 6.07 Å². The molecule has 0 spiro atoms. The first kappa shape index (κ1) is 18.0. The summed E-state index contributed by atoms with van der Waals surface area (Å²) in [5.74, 6) is -0.418. The van der Waals surface area contributed by atoms with Gasteiger partial charge in [-0.25, -0.2) is 9.78 Å². The zero-order chi connectivity index (χ0) is 19.7. The standard InChI is InChI=1S/C24H22N2O2/c1-16-12-13-19-20(15-18-10-7-11-21(25-18)24(27)28-3)23(26(2)22(19)14-16)17-8-5-4-6-9-17/h4-14H,15H2,1-3H3. The van der Waals surface area contributed by atoms with Crippen molar-refractivity contribution in [2.24, 2.45) is 7.05 Å². The van der Waals surface area contributed by atoms with Crippen molar-refractivity contribution in [2.45, 2.75) is 13.3 Å². The van der Waals surface area contributed by atoms with Crippen molar-refractivity contribution in [3.05, 3.63) is 89.2 Å². The number of hydrogen-bond acceptors (Lipinski definition) is 3. The molecule has 0 radical (unpaired) electrons. The third kappa shape index (κ3) is 3.18. The number of aromatic nitrogens is 2. The Morgan fingerprint density at radius 1 is 1.04 bits per heavy atom. The van der Waals surface area contributed by atoms with E-state index in [2.05, 4.69) is 66.0 Å². The molecule has 0 aliphatic carbocycles. The molecule has 0 N–H and O–H groups in total. The van der Waals surface area contributed by atoms with Crippen molar-refractivity contribution in [1.82, 2.24) is 9.55 Å². The normalized spacial score (nSPS) is 11.0. The monoisotopic (exact) mass is 370 g/mol. The SMILES string of the molecule is COC(=O)c1cccc(Cc2c(-c3ccccc3)n(C)c3cc(C)ccc23)n1. The summed E-state index contributed by atoms with van der Waals surface area (Å²) >= 11 is 0. The molecular weight excluding hydrogens is 348 g/mol. The summed E-state index contributed by atoms with van der Waals surface area (Å²) in [4.78, 5) is 16.4. The maximum absolute atomic E-state index is 11.9. The number of aryl methyl sites for hydroxylation is 2. The van der Waals surface area contributed by atoms with Crippen LogP contribution in [0.15, 0.2) is 66.7 Å². The highest BCUT2D eigenvalue weighted by Gasteiger charge is 2.18. The number of carbonyl (C=O) groups excluding carboxylic acids is 1. The molecule has 2 heterocycles. The van der Waals surface area contributed by atoms with Gasteiger partial charge in [-0.3, -0.25) is 0 Å². The van der Waals surface area contributed by atoms with Crippen LogP contribution in [-0.2, 0) is 18.2 Å². The fourth-order valence-electron chi connectivity index (χ4n) is 3.75. The van der Waals surface area contributed by atoms with Crippen LogP contribution in [0.3, 0.4) is 0 Å². The van der Waals surface area contributed by atoms with Crippen molar-refractivity contribution in [2.75, 3.05) is 7.11 Å². The summed E-state index contributed by atoms with van der Waals surface area (Å²) in [6.07, 6.45) is 0.634. The van der Waals surface area contributed by atoms with E-state index in [1.807, 2.05) is 18.2 Å². The minimum absolute atomic E-state index is 0.331. The largest absolute Gasteiger partial charge is 0.464 e. The molecule has 0 fully saturated rings. The van der Waals surface area contributed by atoms with Crippen LogP contribution in [0.1, 0.15) is 27.3 Å². The maximum Gasteiger partial charge on any atom is 0.356 e. The summed E-state index contributed by atoms with van der Waals surface area (Å²) in [6, 6.07) is 22.4. The summed E-state index contributed by atoms with van der Waals surface area (Å²) < 4.78 is 7.06. The molecule has 2 aromatic heterocycles. The lowest BCUT2D eigenvalue weighted by molar-refractivity contribution is 0.0593. The van der Waals surface area contributed by atoms with Crippen molar-refractivity contribution in [3.8, 4) is 11.3 Å². The first-order chi connectivity index (χ1) is 13.6. The number of nitrogens with zero attached hydrogens (tertiary/aromatic N) is 2. The van der Waals surface area contributed by atoms with Crippen LogP contribution in [0.2, 0.25) is 0 Å². The van der Waals surface area contributed by atoms with Gasteiger partial charge in [-0.15, -0.1) is 0 Å². The number of ether oxygens (including phenoxy) is 1. The molecule has 0 saturated heterocycles. The number of hydrogen-bond donors (Lipinski definition) is 0. The van der Waals surface area contributed by atoms with Crippen molar-refractivity contribution >= 4 is 16.9 Å². The second kappa shape index (κ2) is 7.31. The summed E-state index contributed by atoms with van der Waals surface area (Å²) in [7, 11) is 3.48. The van der Waals surface area contributed by atoms with Gasteiger partial charge in [-0.05, 0) is 41.8 Å². The molecule has 4 rings (SSSR count). The minimum atomic E-state index is -0.418. The number of fused-ring (bicyclic) bond motifs is 1. The van der Waals surface area contributed by atoms with Gasteiger partial charge in [0.15, 0.2) is 0 Å². The van der Waals surface area contributed by atoms with E-state index in [9.17, 15) is 4.79 Å². The van der Waals surface area contributed by atoms with Crippen molar-refractivity contribution < 1.29 is 9.53 Å². The van der Waals surface area contributed by atoms with E-state index in [4.69, 9.17) is 4.74 Å². The van der Waals surface area contributed by atoms with Crippen LogP contribution in [-0.4, -0.2) is 22.6 Å². The van der Waals surface area contributed by atoms with E-state index >= 15 is 0 Å². The van der Waals surface area contributed by atoms with Crippen LogP contribution in [0.5, 0.6) is 0 Å². The highest BCUT2D eigenvalue weighted by atomic mass is 16.5. The van der Waals surface area contributed by atoms with Gasteiger partial charge in [-0.2, -0.15) is 0 Å². The Hall–Kier alpha value is -3.40.